The molecular formula is C30H33N3O9. The molecule has 1 saturated heterocycles. The van der Waals surface area contributed by atoms with Gasteiger partial charge < -0.3 is 33.9 Å². The van der Waals surface area contributed by atoms with Crippen molar-refractivity contribution in [1.29, 1.82) is 5.26 Å². The molecule has 4 aliphatic heterocycles. The minimum Gasteiger partial charge on any atom is -0.504 e. The van der Waals surface area contributed by atoms with E-state index in [0.29, 0.717) is 45.9 Å². The first-order valence-electron chi connectivity index (χ1n) is 13.8. The van der Waals surface area contributed by atoms with Crippen molar-refractivity contribution in [3.63, 3.8) is 0 Å². The lowest BCUT2D eigenvalue weighted by Gasteiger charge is -2.60. The number of aliphatic hydroxyl groups excluding tert-OH is 1. The van der Waals surface area contributed by atoms with Gasteiger partial charge in [0, 0.05) is 42.1 Å². The van der Waals surface area contributed by atoms with Crippen LogP contribution in [0.25, 0.3) is 0 Å². The summed E-state index contributed by atoms with van der Waals surface area (Å²) in [5.41, 5.74) is 3.39. The first-order valence-corrected chi connectivity index (χ1v) is 13.8. The Morgan fingerprint density at radius 1 is 1.12 bits per heavy atom. The summed E-state index contributed by atoms with van der Waals surface area (Å²) in [6, 6.07) is 1.10. The number of nitrogens with zero attached hydrogens (tertiary/aromatic N) is 3. The molecule has 0 spiro atoms. The van der Waals surface area contributed by atoms with Crippen molar-refractivity contribution in [2.75, 3.05) is 27.6 Å². The number of phenols is 1. The molecule has 4 aliphatic rings. The maximum atomic E-state index is 12.4. The van der Waals surface area contributed by atoms with Gasteiger partial charge in [-0.05, 0) is 38.4 Å². The molecule has 2 bridgehead atoms. The summed E-state index contributed by atoms with van der Waals surface area (Å²) in [5, 5.41) is 34.5. The highest BCUT2D eigenvalue weighted by atomic mass is 16.7. The van der Waals surface area contributed by atoms with Gasteiger partial charge in [0.1, 0.15) is 24.5 Å². The number of aliphatic hydroxyl groups is 1. The number of aryl methyl sites for hydroxylation is 1. The molecule has 0 aromatic heterocycles. The van der Waals surface area contributed by atoms with Crippen molar-refractivity contribution < 1.29 is 43.5 Å². The van der Waals surface area contributed by atoms with Crippen molar-refractivity contribution in [3.05, 3.63) is 39.4 Å². The SMILES string of the molecule is COc1c(C)cc2c(c1O)C1[C@H]3[C@@H](O)c4c(OC(C)=O)c(C)c5c(c4[C@H](COC(C)=O)N3[C@@H](C#N)C(C2)N1C)OCO5. The number of nitriles is 1. The summed E-state index contributed by atoms with van der Waals surface area (Å²) in [4.78, 5) is 28.3. The highest BCUT2D eigenvalue weighted by Crippen LogP contribution is 2.61. The fourth-order valence-corrected chi connectivity index (χ4v) is 7.48. The second-order valence-corrected chi connectivity index (χ2v) is 11.2. The number of likely N-dealkylation sites (N-methyl/N-ethyl adjacent to an activating group) is 1. The van der Waals surface area contributed by atoms with Gasteiger partial charge in [-0.3, -0.25) is 19.4 Å². The second kappa shape index (κ2) is 10.0. The van der Waals surface area contributed by atoms with E-state index < -0.39 is 42.2 Å². The summed E-state index contributed by atoms with van der Waals surface area (Å²) in [6.07, 6.45) is -0.867. The Morgan fingerprint density at radius 3 is 2.48 bits per heavy atom. The Bertz CT molecular complexity index is 1550. The molecule has 2 unspecified atom stereocenters. The lowest BCUT2D eigenvalue weighted by atomic mass is 9.70. The number of ether oxygens (including phenoxy) is 5. The number of carbonyl (C=O) groups is 2. The number of piperazine rings is 1. The highest BCUT2D eigenvalue weighted by molar-refractivity contribution is 5.75. The van der Waals surface area contributed by atoms with E-state index in [2.05, 4.69) is 6.07 Å². The zero-order valence-electron chi connectivity index (χ0n) is 24.3. The number of aromatic hydroxyl groups is 1. The monoisotopic (exact) mass is 579 g/mol. The number of hydrogen-bond donors (Lipinski definition) is 2. The van der Waals surface area contributed by atoms with Crippen LogP contribution in [-0.2, 0) is 20.7 Å². The van der Waals surface area contributed by atoms with Crippen molar-refractivity contribution in [3.8, 4) is 34.8 Å². The Morgan fingerprint density at radius 2 is 1.83 bits per heavy atom. The third kappa shape index (κ3) is 3.84. The van der Waals surface area contributed by atoms with E-state index in [-0.39, 0.29) is 30.9 Å². The maximum absolute atomic E-state index is 12.4. The zero-order chi connectivity index (χ0) is 30.2. The number of hydrogen-bond acceptors (Lipinski definition) is 12. The molecule has 6 rings (SSSR count). The molecule has 42 heavy (non-hydrogen) atoms. The van der Waals surface area contributed by atoms with E-state index in [9.17, 15) is 25.1 Å². The molecular weight excluding hydrogens is 546 g/mol. The predicted octanol–water partition coefficient (Wildman–Crippen LogP) is 2.50. The summed E-state index contributed by atoms with van der Waals surface area (Å²) < 4.78 is 28.5. The molecule has 12 heteroatoms. The van der Waals surface area contributed by atoms with E-state index in [1.807, 2.05) is 29.8 Å². The van der Waals surface area contributed by atoms with Crippen LogP contribution in [0.3, 0.4) is 0 Å². The molecule has 2 N–H and O–H groups in total. The van der Waals surface area contributed by atoms with E-state index in [1.54, 1.807) is 6.92 Å². The van der Waals surface area contributed by atoms with Crippen molar-refractivity contribution >= 4 is 11.9 Å². The van der Waals surface area contributed by atoms with Crippen LogP contribution in [0.5, 0.6) is 28.7 Å². The molecule has 12 nitrogen and oxygen atoms in total. The van der Waals surface area contributed by atoms with Crippen molar-refractivity contribution in [2.45, 2.75) is 70.4 Å². The van der Waals surface area contributed by atoms with Gasteiger partial charge >= 0.3 is 11.9 Å². The standard InChI is InChI=1S/C30H33N3O9/c1-12-7-16-8-17-18(9-31)33-19(10-39-14(3)34)21-22(28(42-15(4)35)13(2)29-30(21)41-11-40-29)25(36)24(33)23(32(17)5)20(16)26(37)27(12)38-6/h7,17-19,23-25,36-37H,8,10-11H2,1-6H3/t17?,18-,19-,23?,24-,25-/m0/s1. The molecule has 1 fully saturated rings. The van der Waals surface area contributed by atoms with Gasteiger partial charge in [0.05, 0.1) is 31.3 Å². The van der Waals surface area contributed by atoms with E-state index in [4.69, 9.17) is 23.7 Å². The molecule has 222 valence electrons. The fraction of sp³-hybridized carbons (Fsp3) is 0.500. The molecule has 0 saturated carbocycles. The average Bonchev–Trinajstić information content (AvgIpc) is 3.41. The van der Waals surface area contributed by atoms with Gasteiger partial charge in [-0.2, -0.15) is 5.26 Å². The molecule has 4 heterocycles. The second-order valence-electron chi connectivity index (χ2n) is 11.2. The van der Waals surface area contributed by atoms with Crippen LogP contribution >= 0.6 is 0 Å². The largest absolute Gasteiger partial charge is 0.504 e. The van der Waals surface area contributed by atoms with Crippen LogP contribution in [0.4, 0.5) is 0 Å². The Hall–Kier alpha value is -4.05. The molecule has 6 atom stereocenters. The first kappa shape index (κ1) is 28.1. The summed E-state index contributed by atoms with van der Waals surface area (Å²) in [5.74, 6) is 0.00486. The Balaban J connectivity index is 1.67. The number of fused-ring (bicyclic) bond motifs is 9. The molecule has 0 aliphatic carbocycles. The third-order valence-electron chi connectivity index (χ3n) is 9.02. The molecule has 0 amide bonds. The minimum absolute atomic E-state index is 0.0326. The third-order valence-corrected chi connectivity index (χ3v) is 9.02. The smallest absolute Gasteiger partial charge is 0.308 e. The topological polar surface area (TPSA) is 151 Å². The van der Waals surface area contributed by atoms with Gasteiger partial charge in [-0.25, -0.2) is 0 Å². The number of methoxy groups -OCH3 is 1. The number of rotatable bonds is 4. The molecule has 2 aromatic rings. The van der Waals surface area contributed by atoms with Crippen LogP contribution in [0.15, 0.2) is 6.07 Å². The van der Waals surface area contributed by atoms with E-state index in [1.165, 1.54) is 21.0 Å². The van der Waals surface area contributed by atoms with Crippen LogP contribution < -0.4 is 18.9 Å². The molecule has 0 radical (unpaired) electrons. The van der Waals surface area contributed by atoms with Crippen LogP contribution in [-0.4, -0.2) is 77.6 Å². The van der Waals surface area contributed by atoms with Gasteiger partial charge in [-0.1, -0.05) is 6.07 Å². The highest BCUT2D eigenvalue weighted by Gasteiger charge is 2.60. The first-order chi connectivity index (χ1) is 20.0. The lowest BCUT2D eigenvalue weighted by Crippen LogP contribution is -2.69. The van der Waals surface area contributed by atoms with E-state index in [0.717, 1.165) is 11.1 Å². The summed E-state index contributed by atoms with van der Waals surface area (Å²) in [6.45, 7) is 5.86. The normalized spacial score (nSPS) is 27.3. The van der Waals surface area contributed by atoms with Gasteiger partial charge in [0.2, 0.25) is 6.79 Å². The van der Waals surface area contributed by atoms with Crippen LogP contribution in [0, 0.1) is 25.2 Å². The summed E-state index contributed by atoms with van der Waals surface area (Å²) in [7, 11) is 3.35. The Labute approximate surface area is 242 Å². The van der Waals surface area contributed by atoms with Crippen molar-refractivity contribution in [1.82, 2.24) is 9.80 Å². The average molecular weight is 580 g/mol. The summed E-state index contributed by atoms with van der Waals surface area (Å²) >= 11 is 0. The van der Waals surface area contributed by atoms with Crippen LogP contribution in [0.2, 0.25) is 0 Å². The number of carbonyl (C=O) groups excluding carboxylic acids is 2. The van der Waals surface area contributed by atoms with Crippen molar-refractivity contribution in [2.24, 2.45) is 0 Å². The number of esters is 2. The van der Waals surface area contributed by atoms with Gasteiger partial charge in [-0.15, -0.1) is 0 Å². The lowest BCUT2D eigenvalue weighted by molar-refractivity contribution is -0.152. The fourth-order valence-electron chi connectivity index (χ4n) is 7.48. The Kier molecular flexibility index (Phi) is 6.72. The number of phenolic OH excluding ortho intramolecular Hbond substituents is 1. The van der Waals surface area contributed by atoms with Gasteiger partial charge in [0.15, 0.2) is 23.0 Å². The van der Waals surface area contributed by atoms with E-state index >= 15 is 0 Å². The quantitative estimate of drug-likeness (QED) is 0.405. The zero-order valence-corrected chi connectivity index (χ0v) is 24.3. The van der Waals surface area contributed by atoms with Crippen LogP contribution in [0.1, 0.15) is 65.4 Å². The minimum atomic E-state index is -1.32. The maximum Gasteiger partial charge on any atom is 0.308 e. The van der Waals surface area contributed by atoms with Gasteiger partial charge in [0.25, 0.3) is 0 Å². The predicted molar refractivity (Wildman–Crippen MR) is 145 cm³/mol. The molecule has 2 aromatic carbocycles. The number of benzene rings is 2.